The molecular weight excluding hydrogens is 447 g/mol. The van der Waals surface area contributed by atoms with Crippen molar-refractivity contribution in [3.8, 4) is 11.1 Å². The number of halogens is 3. The number of hydrogen-bond donors (Lipinski definition) is 2. The van der Waals surface area contributed by atoms with Gasteiger partial charge in [0.25, 0.3) is 0 Å². The van der Waals surface area contributed by atoms with Crippen LogP contribution in [0.3, 0.4) is 0 Å². The lowest BCUT2D eigenvalue weighted by Gasteiger charge is -2.14. The average Bonchev–Trinajstić information content (AvgIpc) is 3.09. The number of hydrogen-bond acceptors (Lipinski definition) is 4. The van der Waals surface area contributed by atoms with Crippen molar-refractivity contribution in [3.05, 3.63) is 77.5 Å². The first-order valence-electron chi connectivity index (χ1n) is 10.7. The molecule has 0 spiro atoms. The minimum atomic E-state index is -4.44. The minimum absolute atomic E-state index is 0.306. The van der Waals surface area contributed by atoms with Gasteiger partial charge in [0.1, 0.15) is 0 Å². The highest BCUT2D eigenvalue weighted by atomic mass is 19.4. The van der Waals surface area contributed by atoms with Crippen LogP contribution in [-0.4, -0.2) is 43.8 Å². The number of pyridine rings is 1. The summed E-state index contributed by atoms with van der Waals surface area (Å²) in [6.07, 6.45) is -2.42. The van der Waals surface area contributed by atoms with Gasteiger partial charge in [-0.25, -0.2) is 9.31 Å². The number of alkyl halides is 3. The van der Waals surface area contributed by atoms with E-state index in [-0.39, 0.29) is 0 Å². The average molecular weight is 467 g/mol. The molecule has 1 aliphatic heterocycles. The van der Waals surface area contributed by atoms with Crippen molar-refractivity contribution in [3.63, 3.8) is 0 Å². The van der Waals surface area contributed by atoms with Gasteiger partial charge in [-0.1, -0.05) is 18.2 Å². The van der Waals surface area contributed by atoms with E-state index in [1.807, 2.05) is 18.2 Å². The van der Waals surface area contributed by atoms with Gasteiger partial charge < -0.3 is 15.3 Å². The summed E-state index contributed by atoms with van der Waals surface area (Å²) >= 11 is 0. The van der Waals surface area contributed by atoms with E-state index in [2.05, 4.69) is 15.4 Å². The fraction of sp³-hybridized carbons (Fsp3) is 0.208. The maximum absolute atomic E-state index is 13.2. The zero-order chi connectivity index (χ0) is 23.9. The zero-order valence-corrected chi connectivity index (χ0v) is 17.9. The van der Waals surface area contributed by atoms with Crippen LogP contribution in [0.5, 0.6) is 0 Å². The third-order valence-electron chi connectivity index (χ3n) is 5.90. The Morgan fingerprint density at radius 2 is 1.79 bits per heavy atom. The summed E-state index contributed by atoms with van der Waals surface area (Å²) in [7, 11) is 0. The molecule has 2 aromatic heterocycles. The number of anilines is 2. The topological polar surface area (TPSA) is 82.8 Å². The Hall–Kier alpha value is -4.08. The molecule has 0 atom stereocenters. The third kappa shape index (κ3) is 4.26. The van der Waals surface area contributed by atoms with E-state index in [4.69, 9.17) is 0 Å². The number of nitrogens with zero attached hydrogens (tertiary/aromatic N) is 4. The fourth-order valence-electron chi connectivity index (χ4n) is 4.17. The molecule has 0 aliphatic carbocycles. The normalized spacial score (nSPS) is 14.0. The molecule has 34 heavy (non-hydrogen) atoms. The van der Waals surface area contributed by atoms with Crippen molar-refractivity contribution < 1.29 is 23.1 Å². The van der Waals surface area contributed by atoms with Gasteiger partial charge >= 0.3 is 12.3 Å². The molecule has 4 aromatic rings. The SMILES string of the molecule is O=C(O)N1CCc2ccc(Nc3nc4c(-c5cccc(C(F)(F)F)c5)cccn4n3)cc2CC1. The van der Waals surface area contributed by atoms with E-state index in [1.165, 1.54) is 15.5 Å². The second-order valence-electron chi connectivity index (χ2n) is 8.08. The third-order valence-corrected chi connectivity index (χ3v) is 5.90. The van der Waals surface area contributed by atoms with Crippen molar-refractivity contribution in [1.82, 2.24) is 19.5 Å². The summed E-state index contributed by atoms with van der Waals surface area (Å²) in [5.74, 6) is 0.306. The first kappa shape index (κ1) is 21.7. The van der Waals surface area contributed by atoms with Gasteiger partial charge in [0.05, 0.1) is 5.56 Å². The van der Waals surface area contributed by atoms with Crippen LogP contribution in [0.25, 0.3) is 16.8 Å². The standard InChI is InChI=1S/C24H20F3N5O2/c25-24(26,27)18-4-1-3-17(13-18)20-5-2-10-32-21(20)29-22(30-32)28-19-7-6-15-8-11-31(23(33)34)12-9-16(15)14-19/h1-7,10,13-14H,8-9,11-12H2,(H,28,30)(H,33,34). The number of amides is 1. The van der Waals surface area contributed by atoms with Crippen molar-refractivity contribution in [2.24, 2.45) is 0 Å². The van der Waals surface area contributed by atoms with Crippen LogP contribution < -0.4 is 5.32 Å². The maximum Gasteiger partial charge on any atom is 0.416 e. The van der Waals surface area contributed by atoms with Crippen molar-refractivity contribution >= 4 is 23.4 Å². The largest absolute Gasteiger partial charge is 0.465 e. The van der Waals surface area contributed by atoms with Gasteiger partial charge in [-0.15, -0.1) is 5.10 Å². The van der Waals surface area contributed by atoms with Crippen LogP contribution in [0, 0.1) is 0 Å². The van der Waals surface area contributed by atoms with Crippen molar-refractivity contribution in [2.75, 3.05) is 18.4 Å². The Bertz CT molecular complexity index is 1380. The minimum Gasteiger partial charge on any atom is -0.465 e. The van der Waals surface area contributed by atoms with Crippen LogP contribution in [0.1, 0.15) is 16.7 Å². The molecule has 0 fully saturated rings. The molecule has 10 heteroatoms. The Kier molecular flexibility index (Phi) is 5.35. The Morgan fingerprint density at radius 3 is 2.56 bits per heavy atom. The second-order valence-corrected chi connectivity index (χ2v) is 8.08. The number of fused-ring (bicyclic) bond motifs is 2. The molecule has 0 saturated carbocycles. The lowest BCUT2D eigenvalue weighted by molar-refractivity contribution is -0.137. The van der Waals surface area contributed by atoms with Crippen molar-refractivity contribution in [2.45, 2.75) is 19.0 Å². The lowest BCUT2D eigenvalue weighted by Crippen LogP contribution is -2.31. The smallest absolute Gasteiger partial charge is 0.416 e. The van der Waals surface area contributed by atoms with E-state index in [0.29, 0.717) is 48.7 Å². The van der Waals surface area contributed by atoms with Gasteiger partial charge in [0.2, 0.25) is 5.95 Å². The van der Waals surface area contributed by atoms with Crippen LogP contribution >= 0.6 is 0 Å². The number of rotatable bonds is 3. The summed E-state index contributed by atoms with van der Waals surface area (Å²) in [6.45, 7) is 0.889. The first-order valence-corrected chi connectivity index (χ1v) is 10.7. The Morgan fingerprint density at radius 1 is 1.00 bits per heavy atom. The van der Waals surface area contributed by atoms with E-state index < -0.39 is 17.8 Å². The predicted molar refractivity (Wildman–Crippen MR) is 120 cm³/mol. The molecule has 0 unspecified atom stereocenters. The molecule has 7 nitrogen and oxygen atoms in total. The molecule has 174 valence electrons. The maximum atomic E-state index is 13.2. The molecule has 0 saturated heterocycles. The predicted octanol–water partition coefficient (Wildman–Crippen LogP) is 5.24. The van der Waals surface area contributed by atoms with Gasteiger partial charge in [-0.05, 0) is 65.9 Å². The first-order chi connectivity index (χ1) is 16.3. The van der Waals surface area contributed by atoms with E-state index in [9.17, 15) is 23.1 Å². The molecule has 1 aliphatic rings. The van der Waals surface area contributed by atoms with Gasteiger partial charge in [-0.2, -0.15) is 18.2 Å². The Labute approximate surface area is 192 Å². The van der Waals surface area contributed by atoms with Gasteiger partial charge in [0, 0.05) is 30.5 Å². The molecular formula is C24H20F3N5O2. The summed E-state index contributed by atoms with van der Waals surface area (Å²) in [6, 6.07) is 14.3. The summed E-state index contributed by atoms with van der Waals surface area (Å²) in [5.41, 5.74) is 3.54. The second kappa shape index (κ2) is 8.36. The molecule has 0 radical (unpaired) electrons. The zero-order valence-electron chi connectivity index (χ0n) is 17.9. The molecule has 3 heterocycles. The monoisotopic (exact) mass is 467 g/mol. The number of carboxylic acid groups (broad SMARTS) is 1. The van der Waals surface area contributed by atoms with Gasteiger partial charge in [-0.3, -0.25) is 0 Å². The molecule has 2 aromatic carbocycles. The highest BCUT2D eigenvalue weighted by Crippen LogP contribution is 2.33. The number of benzene rings is 2. The summed E-state index contributed by atoms with van der Waals surface area (Å²) in [5, 5.41) is 16.8. The highest BCUT2D eigenvalue weighted by molar-refractivity contribution is 5.78. The Balaban J connectivity index is 1.43. The van der Waals surface area contributed by atoms with Crippen molar-refractivity contribution in [1.29, 1.82) is 0 Å². The lowest BCUT2D eigenvalue weighted by atomic mass is 10.0. The molecule has 5 rings (SSSR count). The fourth-order valence-corrected chi connectivity index (χ4v) is 4.17. The molecule has 2 N–H and O–H groups in total. The highest BCUT2D eigenvalue weighted by Gasteiger charge is 2.30. The van der Waals surface area contributed by atoms with Crippen LogP contribution in [0.4, 0.5) is 29.6 Å². The van der Waals surface area contributed by atoms with Gasteiger partial charge in [0.15, 0.2) is 5.65 Å². The number of aromatic nitrogens is 3. The molecule has 0 bridgehead atoms. The summed E-state index contributed by atoms with van der Waals surface area (Å²) < 4.78 is 41.0. The van der Waals surface area contributed by atoms with E-state index in [1.54, 1.807) is 24.4 Å². The quantitative estimate of drug-likeness (QED) is 0.431. The van der Waals surface area contributed by atoms with E-state index >= 15 is 0 Å². The molecule has 1 amide bonds. The van der Waals surface area contributed by atoms with Crippen LogP contribution in [-0.2, 0) is 19.0 Å². The number of carbonyl (C=O) groups is 1. The summed E-state index contributed by atoms with van der Waals surface area (Å²) in [4.78, 5) is 17.2. The van der Waals surface area contributed by atoms with Crippen LogP contribution in [0.15, 0.2) is 60.8 Å². The number of nitrogens with one attached hydrogen (secondary N) is 1. The van der Waals surface area contributed by atoms with Crippen LogP contribution in [0.2, 0.25) is 0 Å². The van der Waals surface area contributed by atoms with E-state index in [0.717, 1.165) is 28.9 Å².